The second-order valence-corrected chi connectivity index (χ2v) is 9.83. The summed E-state index contributed by atoms with van der Waals surface area (Å²) in [6.07, 6.45) is 5.31. The summed E-state index contributed by atoms with van der Waals surface area (Å²) in [6, 6.07) is 13.0. The Morgan fingerprint density at radius 2 is 1.74 bits per heavy atom. The average Bonchev–Trinajstić information content (AvgIpc) is 3.43. The summed E-state index contributed by atoms with van der Waals surface area (Å²) < 4.78 is 27.8. The van der Waals surface area contributed by atoms with E-state index in [9.17, 15) is 23.2 Å². The van der Waals surface area contributed by atoms with Gasteiger partial charge in [-0.2, -0.15) is 0 Å². The summed E-state index contributed by atoms with van der Waals surface area (Å²) in [5.74, 6) is -1.99. The standard InChI is InChI=1S/C29H29ClF2N4O3/c30-23-18-22(15-16-24(23)32)36(27(38)10-5-9-26(37)35-25-8-3-4-17-33-25)28(19-11-13-20(31)14-12-19)29(39)34-21-6-1-2-7-21/h3-4,8,11-18,21,28H,1-2,5-7,9-10H2,(H,34,39)(H,33,35,37)/t28-/m1/s1. The molecule has 1 fully saturated rings. The lowest BCUT2D eigenvalue weighted by Gasteiger charge is -2.32. The summed E-state index contributed by atoms with van der Waals surface area (Å²) >= 11 is 6.05. The highest BCUT2D eigenvalue weighted by Gasteiger charge is 2.34. The molecule has 0 bridgehead atoms. The zero-order valence-corrected chi connectivity index (χ0v) is 22.0. The van der Waals surface area contributed by atoms with Gasteiger partial charge in [0.1, 0.15) is 23.5 Å². The fourth-order valence-corrected chi connectivity index (χ4v) is 4.82. The van der Waals surface area contributed by atoms with Crippen LogP contribution in [-0.4, -0.2) is 28.7 Å². The van der Waals surface area contributed by atoms with Crippen molar-refractivity contribution in [1.82, 2.24) is 10.3 Å². The minimum Gasteiger partial charge on any atom is -0.351 e. The van der Waals surface area contributed by atoms with Crippen molar-refractivity contribution in [3.63, 3.8) is 0 Å². The third-order valence-corrected chi connectivity index (χ3v) is 6.86. The number of carbonyl (C=O) groups is 3. The van der Waals surface area contributed by atoms with Crippen LogP contribution in [0.15, 0.2) is 66.9 Å². The smallest absolute Gasteiger partial charge is 0.248 e. The molecule has 0 saturated heterocycles. The van der Waals surface area contributed by atoms with Crippen molar-refractivity contribution in [2.75, 3.05) is 10.2 Å². The van der Waals surface area contributed by atoms with E-state index in [1.54, 1.807) is 24.4 Å². The Bertz CT molecular complexity index is 1300. The van der Waals surface area contributed by atoms with E-state index >= 15 is 0 Å². The van der Waals surface area contributed by atoms with Crippen LogP contribution in [0.3, 0.4) is 0 Å². The van der Waals surface area contributed by atoms with Crippen molar-refractivity contribution in [2.45, 2.75) is 57.0 Å². The van der Waals surface area contributed by atoms with Gasteiger partial charge >= 0.3 is 0 Å². The van der Waals surface area contributed by atoms with Crippen LogP contribution in [0.2, 0.25) is 5.02 Å². The molecule has 1 aliphatic rings. The van der Waals surface area contributed by atoms with Crippen molar-refractivity contribution in [2.24, 2.45) is 0 Å². The zero-order valence-electron chi connectivity index (χ0n) is 21.2. The van der Waals surface area contributed by atoms with Gasteiger partial charge in [0.15, 0.2) is 0 Å². The SMILES string of the molecule is O=C(CCCC(=O)N(c1ccc(F)c(Cl)c1)[C@@H](C(=O)NC1CCCC1)c1ccc(F)cc1)Nc1ccccn1. The Morgan fingerprint density at radius 1 is 1.00 bits per heavy atom. The second-order valence-electron chi connectivity index (χ2n) is 9.42. The fraction of sp³-hybridized carbons (Fsp3) is 0.310. The van der Waals surface area contributed by atoms with Gasteiger partial charge in [0.25, 0.3) is 0 Å². The number of hydrogen-bond donors (Lipinski definition) is 2. The first-order valence-electron chi connectivity index (χ1n) is 12.9. The number of carbonyl (C=O) groups excluding carboxylic acids is 3. The van der Waals surface area contributed by atoms with Gasteiger partial charge in [0.2, 0.25) is 17.7 Å². The Balaban J connectivity index is 1.59. The molecule has 1 heterocycles. The Kier molecular flexibility index (Phi) is 9.59. The molecule has 4 rings (SSSR count). The van der Waals surface area contributed by atoms with Crippen molar-refractivity contribution in [1.29, 1.82) is 0 Å². The molecule has 0 unspecified atom stereocenters. The number of nitrogens with one attached hydrogen (secondary N) is 2. The molecule has 0 spiro atoms. The highest BCUT2D eigenvalue weighted by molar-refractivity contribution is 6.31. The topological polar surface area (TPSA) is 91.4 Å². The van der Waals surface area contributed by atoms with Crippen LogP contribution in [0.25, 0.3) is 0 Å². The number of aromatic nitrogens is 1. The van der Waals surface area contributed by atoms with Gasteiger partial charge in [-0.15, -0.1) is 0 Å². The lowest BCUT2D eigenvalue weighted by molar-refractivity contribution is -0.127. The molecular formula is C29H29ClF2N4O3. The average molecular weight is 555 g/mol. The van der Waals surface area contributed by atoms with Gasteiger partial charge in [-0.3, -0.25) is 19.3 Å². The summed E-state index contributed by atoms with van der Waals surface area (Å²) in [5.41, 5.74) is 0.592. The molecule has 1 atom stereocenters. The molecule has 3 amide bonds. The van der Waals surface area contributed by atoms with Crippen molar-refractivity contribution < 1.29 is 23.2 Å². The van der Waals surface area contributed by atoms with E-state index in [4.69, 9.17) is 11.6 Å². The number of halogens is 3. The van der Waals surface area contributed by atoms with Crippen molar-refractivity contribution >= 4 is 40.8 Å². The summed E-state index contributed by atoms with van der Waals surface area (Å²) in [5, 5.41) is 5.48. The maximum atomic E-state index is 14.0. The second kappa shape index (κ2) is 13.3. The monoisotopic (exact) mass is 554 g/mol. The molecule has 204 valence electrons. The first kappa shape index (κ1) is 28.2. The third kappa shape index (κ3) is 7.60. The molecule has 7 nitrogen and oxygen atoms in total. The molecule has 1 aromatic heterocycles. The quantitative estimate of drug-likeness (QED) is 0.324. The molecule has 3 aromatic rings. The molecule has 2 aromatic carbocycles. The minimum atomic E-state index is -1.16. The van der Waals surface area contributed by atoms with Crippen LogP contribution in [0, 0.1) is 11.6 Å². The van der Waals surface area contributed by atoms with Crippen molar-refractivity contribution in [3.8, 4) is 0 Å². The number of amides is 3. The van der Waals surface area contributed by atoms with E-state index in [0.29, 0.717) is 11.4 Å². The lowest BCUT2D eigenvalue weighted by Crippen LogP contribution is -2.46. The maximum Gasteiger partial charge on any atom is 0.248 e. The van der Waals surface area contributed by atoms with Crippen LogP contribution in [0.1, 0.15) is 56.6 Å². The normalized spacial score (nSPS) is 14.0. The van der Waals surface area contributed by atoms with Crippen LogP contribution in [0.5, 0.6) is 0 Å². The molecule has 10 heteroatoms. The molecule has 0 aliphatic heterocycles. The number of benzene rings is 2. The predicted molar refractivity (Wildman–Crippen MR) is 145 cm³/mol. The first-order chi connectivity index (χ1) is 18.8. The Hall–Kier alpha value is -3.85. The summed E-state index contributed by atoms with van der Waals surface area (Å²) in [4.78, 5) is 45.0. The fourth-order valence-electron chi connectivity index (χ4n) is 4.65. The third-order valence-electron chi connectivity index (χ3n) is 6.57. The first-order valence-corrected chi connectivity index (χ1v) is 13.2. The van der Waals surface area contributed by atoms with Crippen LogP contribution in [0.4, 0.5) is 20.3 Å². The predicted octanol–water partition coefficient (Wildman–Crippen LogP) is 5.96. The summed E-state index contributed by atoms with van der Waals surface area (Å²) in [6.45, 7) is 0. The van der Waals surface area contributed by atoms with Gasteiger partial charge in [0.05, 0.1) is 5.02 Å². The largest absolute Gasteiger partial charge is 0.351 e. The maximum absolute atomic E-state index is 14.0. The summed E-state index contributed by atoms with van der Waals surface area (Å²) in [7, 11) is 0. The molecule has 2 N–H and O–H groups in total. The van der Waals surface area contributed by atoms with Gasteiger partial charge in [-0.05, 0) is 67.3 Å². The van der Waals surface area contributed by atoms with E-state index in [1.807, 2.05) is 0 Å². The highest BCUT2D eigenvalue weighted by Crippen LogP contribution is 2.32. The number of hydrogen-bond acceptors (Lipinski definition) is 4. The molecule has 39 heavy (non-hydrogen) atoms. The Morgan fingerprint density at radius 3 is 2.41 bits per heavy atom. The number of nitrogens with zero attached hydrogens (tertiary/aromatic N) is 2. The van der Waals surface area contributed by atoms with E-state index < -0.39 is 29.5 Å². The number of pyridine rings is 1. The van der Waals surface area contributed by atoms with Crippen LogP contribution < -0.4 is 15.5 Å². The Labute approximate surface area is 230 Å². The number of rotatable bonds is 10. The van der Waals surface area contributed by atoms with Gasteiger partial charge < -0.3 is 10.6 Å². The zero-order chi connectivity index (χ0) is 27.8. The van der Waals surface area contributed by atoms with Crippen LogP contribution in [-0.2, 0) is 14.4 Å². The molecular weight excluding hydrogens is 526 g/mol. The molecule has 0 radical (unpaired) electrons. The van der Waals surface area contributed by atoms with Gasteiger partial charge in [0, 0.05) is 30.8 Å². The number of anilines is 2. The van der Waals surface area contributed by atoms with E-state index in [0.717, 1.165) is 31.7 Å². The van der Waals surface area contributed by atoms with E-state index in [-0.39, 0.29) is 41.9 Å². The minimum absolute atomic E-state index is 0.0375. The van der Waals surface area contributed by atoms with Gasteiger partial charge in [-0.1, -0.05) is 42.6 Å². The highest BCUT2D eigenvalue weighted by atomic mass is 35.5. The van der Waals surface area contributed by atoms with E-state index in [2.05, 4.69) is 15.6 Å². The van der Waals surface area contributed by atoms with E-state index in [1.165, 1.54) is 41.3 Å². The molecule has 1 aliphatic carbocycles. The van der Waals surface area contributed by atoms with Gasteiger partial charge in [-0.25, -0.2) is 13.8 Å². The van der Waals surface area contributed by atoms with Crippen LogP contribution >= 0.6 is 11.6 Å². The lowest BCUT2D eigenvalue weighted by atomic mass is 10.0. The van der Waals surface area contributed by atoms with Crippen molar-refractivity contribution in [3.05, 3.63) is 89.1 Å². The molecule has 1 saturated carbocycles.